The number of nitrogens with zero attached hydrogens (tertiary/aromatic N) is 2. The number of hydrogen-bond donors (Lipinski definition) is 1. The van der Waals surface area contributed by atoms with Crippen LogP contribution in [-0.4, -0.2) is 21.7 Å². The third-order valence-corrected chi connectivity index (χ3v) is 3.31. The normalized spacial score (nSPS) is 11.6. The van der Waals surface area contributed by atoms with Crippen LogP contribution in [0.25, 0.3) is 10.3 Å². The molecule has 0 aliphatic rings. The first kappa shape index (κ1) is 13.5. The minimum absolute atomic E-state index is 0.494. The topological polar surface area (TPSA) is 64.1 Å². The number of pyridine rings is 1. The first-order valence-electron chi connectivity index (χ1n) is 5.26. The van der Waals surface area contributed by atoms with Crippen LogP contribution in [0.2, 0.25) is 0 Å². The van der Waals surface area contributed by atoms with E-state index in [9.17, 15) is 4.79 Å². The quantitative estimate of drug-likeness (QED) is 0.609. The summed E-state index contributed by atoms with van der Waals surface area (Å²) in [4.78, 5) is 21.0. The van der Waals surface area contributed by atoms with Crippen LogP contribution in [0.15, 0.2) is 12.1 Å². The maximum atomic E-state index is 11.6. The van der Waals surface area contributed by atoms with Gasteiger partial charge in [0.1, 0.15) is 19.6 Å². The molecule has 1 N–H and O–H groups in total. The summed E-state index contributed by atoms with van der Waals surface area (Å²) < 4.78 is 6.05. The lowest BCUT2D eigenvalue weighted by Gasteiger charge is -2.18. The molecule has 2 aromatic rings. The average molecular weight is 377 g/mol. The second-order valence-corrected chi connectivity index (χ2v) is 6.69. The van der Waals surface area contributed by atoms with Crippen molar-refractivity contribution < 1.29 is 9.53 Å². The third kappa shape index (κ3) is 3.52. The van der Waals surface area contributed by atoms with Crippen molar-refractivity contribution in [3.8, 4) is 0 Å². The zero-order valence-corrected chi connectivity index (χ0v) is 13.1. The molecule has 1 amide bonds. The number of rotatable bonds is 1. The van der Waals surface area contributed by atoms with Crippen LogP contribution in [0.3, 0.4) is 0 Å². The zero-order valence-electron chi connectivity index (χ0n) is 10.2. The lowest BCUT2D eigenvalue weighted by Crippen LogP contribution is -2.27. The molecule has 2 rings (SSSR count). The molecular formula is C11H12IN3O2S. The minimum atomic E-state index is -0.519. The molecule has 0 bridgehead atoms. The van der Waals surface area contributed by atoms with E-state index in [0.717, 1.165) is 14.0 Å². The minimum Gasteiger partial charge on any atom is -0.444 e. The van der Waals surface area contributed by atoms with Gasteiger partial charge in [0, 0.05) is 0 Å². The Morgan fingerprint density at radius 3 is 2.78 bits per heavy atom. The summed E-state index contributed by atoms with van der Waals surface area (Å²) in [6.07, 6.45) is -0.503. The van der Waals surface area contributed by atoms with E-state index >= 15 is 0 Å². The Bertz CT molecular complexity index is 591. The molecule has 0 radical (unpaired) electrons. The molecule has 0 aliphatic carbocycles. The van der Waals surface area contributed by atoms with Gasteiger partial charge >= 0.3 is 6.09 Å². The Labute approximate surface area is 122 Å². The Kier molecular flexibility index (Phi) is 3.71. The molecule has 0 aliphatic heterocycles. The molecule has 0 saturated heterocycles. The van der Waals surface area contributed by atoms with Gasteiger partial charge in [-0.3, -0.25) is 5.32 Å². The number of nitrogens with one attached hydrogen (secondary N) is 1. The van der Waals surface area contributed by atoms with Gasteiger partial charge in [-0.1, -0.05) is 11.3 Å². The van der Waals surface area contributed by atoms with E-state index in [1.54, 1.807) is 0 Å². The third-order valence-electron chi connectivity index (χ3n) is 1.83. The van der Waals surface area contributed by atoms with Crippen LogP contribution in [0.4, 0.5) is 9.93 Å². The van der Waals surface area contributed by atoms with Crippen LogP contribution in [0.5, 0.6) is 0 Å². The van der Waals surface area contributed by atoms with Gasteiger partial charge < -0.3 is 4.74 Å². The van der Waals surface area contributed by atoms with E-state index in [1.807, 2.05) is 32.9 Å². The van der Waals surface area contributed by atoms with Gasteiger partial charge in [-0.2, -0.15) is 0 Å². The highest BCUT2D eigenvalue weighted by atomic mass is 127. The number of fused-ring (bicyclic) bond motifs is 1. The van der Waals surface area contributed by atoms with Gasteiger partial charge in [-0.15, -0.1) is 0 Å². The van der Waals surface area contributed by atoms with Crippen molar-refractivity contribution in [2.45, 2.75) is 26.4 Å². The highest BCUT2D eigenvalue weighted by Gasteiger charge is 2.17. The smallest absolute Gasteiger partial charge is 0.413 e. The fraction of sp³-hybridized carbons (Fsp3) is 0.364. The van der Waals surface area contributed by atoms with E-state index in [1.165, 1.54) is 11.3 Å². The highest BCUT2D eigenvalue weighted by molar-refractivity contribution is 14.1. The van der Waals surface area contributed by atoms with Crippen molar-refractivity contribution in [1.82, 2.24) is 9.97 Å². The largest absolute Gasteiger partial charge is 0.444 e. The molecule has 5 nitrogen and oxygen atoms in total. The fourth-order valence-corrected chi connectivity index (χ4v) is 2.65. The van der Waals surface area contributed by atoms with Gasteiger partial charge in [0.15, 0.2) is 5.13 Å². The molecule has 7 heteroatoms. The van der Waals surface area contributed by atoms with Crippen LogP contribution in [0, 0.1) is 3.70 Å². The summed E-state index contributed by atoms with van der Waals surface area (Å²) in [5.74, 6) is 0. The number of amides is 1. The number of carbonyl (C=O) groups excluding carboxylic acids is 1. The molecule has 2 heterocycles. The van der Waals surface area contributed by atoms with Gasteiger partial charge in [0.2, 0.25) is 0 Å². The summed E-state index contributed by atoms with van der Waals surface area (Å²) in [6.45, 7) is 5.44. The molecule has 0 saturated carbocycles. The number of aromatic nitrogens is 2. The SMILES string of the molecule is CC(C)(C)OC(=O)Nc1nc2ccc(I)nc2s1. The summed E-state index contributed by atoms with van der Waals surface area (Å²) in [7, 11) is 0. The summed E-state index contributed by atoms with van der Waals surface area (Å²) >= 11 is 3.46. The predicted molar refractivity (Wildman–Crippen MR) is 80.0 cm³/mol. The van der Waals surface area contributed by atoms with Gasteiger partial charge in [0.05, 0.1) is 0 Å². The molecular weight excluding hydrogens is 365 g/mol. The molecule has 0 fully saturated rings. The van der Waals surface area contributed by atoms with Crippen molar-refractivity contribution in [1.29, 1.82) is 0 Å². The van der Waals surface area contributed by atoms with E-state index in [-0.39, 0.29) is 0 Å². The lowest BCUT2D eigenvalue weighted by molar-refractivity contribution is 0.0636. The van der Waals surface area contributed by atoms with Crippen molar-refractivity contribution in [3.63, 3.8) is 0 Å². The monoisotopic (exact) mass is 377 g/mol. The molecule has 18 heavy (non-hydrogen) atoms. The molecule has 0 atom stereocenters. The van der Waals surface area contributed by atoms with Gasteiger partial charge in [0.25, 0.3) is 0 Å². The first-order valence-corrected chi connectivity index (χ1v) is 7.16. The number of halogens is 1. The zero-order chi connectivity index (χ0) is 13.3. The Morgan fingerprint density at radius 2 is 2.11 bits per heavy atom. The number of anilines is 1. The van der Waals surface area contributed by atoms with Crippen LogP contribution in [0.1, 0.15) is 20.8 Å². The summed E-state index contributed by atoms with van der Waals surface area (Å²) in [5.41, 5.74) is 0.250. The molecule has 96 valence electrons. The van der Waals surface area contributed by atoms with Crippen LogP contribution in [-0.2, 0) is 4.74 Å². The molecule has 0 aromatic carbocycles. The van der Waals surface area contributed by atoms with Gasteiger partial charge in [-0.25, -0.2) is 14.8 Å². The lowest BCUT2D eigenvalue weighted by atomic mass is 10.2. The van der Waals surface area contributed by atoms with Crippen LogP contribution >= 0.6 is 33.9 Å². The van der Waals surface area contributed by atoms with Crippen LogP contribution < -0.4 is 5.32 Å². The second kappa shape index (κ2) is 4.96. The van der Waals surface area contributed by atoms with E-state index in [0.29, 0.717) is 5.13 Å². The van der Waals surface area contributed by atoms with Crippen molar-refractivity contribution in [3.05, 3.63) is 15.8 Å². The molecule has 0 unspecified atom stereocenters. The molecule has 2 aromatic heterocycles. The number of hydrogen-bond acceptors (Lipinski definition) is 5. The first-order chi connectivity index (χ1) is 8.33. The Hall–Kier alpha value is -0.960. The number of thiazole rings is 1. The second-order valence-electron chi connectivity index (χ2n) is 4.60. The van der Waals surface area contributed by atoms with E-state index in [2.05, 4.69) is 37.9 Å². The standard InChI is InChI=1S/C11H12IN3O2S/c1-11(2,3)17-10(16)15-9-13-6-4-5-7(12)14-8(6)18-9/h4-5H,1-3H3,(H,13,15,16). The fourth-order valence-electron chi connectivity index (χ4n) is 1.24. The Balaban J connectivity index is 2.15. The van der Waals surface area contributed by atoms with Gasteiger partial charge in [-0.05, 0) is 55.5 Å². The van der Waals surface area contributed by atoms with Crippen molar-refractivity contribution >= 4 is 55.5 Å². The van der Waals surface area contributed by atoms with Crippen molar-refractivity contribution in [2.75, 3.05) is 5.32 Å². The summed E-state index contributed by atoms with van der Waals surface area (Å²) in [6, 6.07) is 3.75. The number of carbonyl (C=O) groups is 1. The maximum absolute atomic E-state index is 11.6. The summed E-state index contributed by atoms with van der Waals surface area (Å²) in [5, 5.41) is 3.11. The number of ether oxygens (including phenoxy) is 1. The predicted octanol–water partition coefficient (Wildman–Crippen LogP) is 3.64. The Morgan fingerprint density at radius 1 is 1.39 bits per heavy atom. The maximum Gasteiger partial charge on any atom is 0.413 e. The highest BCUT2D eigenvalue weighted by Crippen LogP contribution is 2.25. The average Bonchev–Trinajstić information content (AvgIpc) is 2.55. The van der Waals surface area contributed by atoms with Crippen molar-refractivity contribution in [2.24, 2.45) is 0 Å². The van der Waals surface area contributed by atoms with E-state index in [4.69, 9.17) is 4.74 Å². The van der Waals surface area contributed by atoms with E-state index < -0.39 is 11.7 Å². The molecule has 0 spiro atoms.